The summed E-state index contributed by atoms with van der Waals surface area (Å²) in [6, 6.07) is 17.6. The van der Waals surface area contributed by atoms with Gasteiger partial charge in [-0.05, 0) is 54.0 Å². The standard InChI is InChI=1S/C23H22N2OS/c1-23-12-10-21(26)25-20(23)9-6-16-14-17(7-8-19(16)23)27-22-18-5-3-2-4-15(18)11-13-24-22/h2-5,7-8,11,13-14,20H,6,9-10,12H2,1H3,(H,25,26)/t20?,23-/m1/s1. The lowest BCUT2D eigenvalue weighted by molar-refractivity contribution is -0.125. The van der Waals surface area contributed by atoms with Crippen LogP contribution in [0.5, 0.6) is 0 Å². The SMILES string of the molecule is C[C@]12CCC(=O)NC1CCc1cc(Sc3nccc4ccccc34)ccc12. The van der Waals surface area contributed by atoms with Crippen LogP contribution in [0.3, 0.4) is 0 Å². The van der Waals surface area contributed by atoms with Crippen LogP contribution in [0.15, 0.2) is 64.6 Å². The van der Waals surface area contributed by atoms with Gasteiger partial charge in [-0.3, -0.25) is 4.79 Å². The molecule has 1 unspecified atom stereocenters. The van der Waals surface area contributed by atoms with E-state index in [-0.39, 0.29) is 17.4 Å². The Morgan fingerprint density at radius 3 is 2.96 bits per heavy atom. The number of rotatable bonds is 2. The molecule has 3 aromatic rings. The third-order valence-corrected chi connectivity index (χ3v) is 7.23. The number of carbonyl (C=O) groups is 1. The van der Waals surface area contributed by atoms with Gasteiger partial charge in [-0.25, -0.2) is 4.98 Å². The van der Waals surface area contributed by atoms with E-state index >= 15 is 0 Å². The average molecular weight is 375 g/mol. The number of hydrogen-bond donors (Lipinski definition) is 1. The molecule has 1 aliphatic heterocycles. The average Bonchev–Trinajstić information content (AvgIpc) is 2.69. The molecule has 136 valence electrons. The van der Waals surface area contributed by atoms with Crippen LogP contribution < -0.4 is 5.32 Å². The quantitative estimate of drug-likeness (QED) is 0.696. The number of amides is 1. The minimum absolute atomic E-state index is 0.0579. The third-order valence-electron chi connectivity index (χ3n) is 6.22. The molecule has 0 radical (unpaired) electrons. The van der Waals surface area contributed by atoms with Gasteiger partial charge in [0.2, 0.25) is 5.91 Å². The largest absolute Gasteiger partial charge is 0.352 e. The lowest BCUT2D eigenvalue weighted by Crippen LogP contribution is -2.55. The highest BCUT2D eigenvalue weighted by atomic mass is 32.2. The number of aromatic nitrogens is 1. The Labute approximate surface area is 163 Å². The molecule has 3 nitrogen and oxygen atoms in total. The summed E-state index contributed by atoms with van der Waals surface area (Å²) in [6.45, 7) is 2.31. The van der Waals surface area contributed by atoms with Gasteiger partial charge in [-0.15, -0.1) is 0 Å². The van der Waals surface area contributed by atoms with Gasteiger partial charge in [0.05, 0.1) is 0 Å². The van der Waals surface area contributed by atoms with Gasteiger partial charge in [0.1, 0.15) is 5.03 Å². The molecule has 1 aromatic heterocycles. The summed E-state index contributed by atoms with van der Waals surface area (Å²) >= 11 is 1.74. The van der Waals surface area contributed by atoms with E-state index in [1.54, 1.807) is 11.8 Å². The molecule has 2 heterocycles. The van der Waals surface area contributed by atoms with Crippen molar-refractivity contribution in [1.29, 1.82) is 0 Å². The number of carbonyl (C=O) groups excluding carboxylic acids is 1. The minimum atomic E-state index is 0.0579. The summed E-state index contributed by atoms with van der Waals surface area (Å²) in [5.41, 5.74) is 2.90. The van der Waals surface area contributed by atoms with E-state index in [4.69, 9.17) is 0 Å². The van der Waals surface area contributed by atoms with Crippen LogP contribution in [0.2, 0.25) is 0 Å². The Morgan fingerprint density at radius 2 is 2.04 bits per heavy atom. The Morgan fingerprint density at radius 1 is 1.15 bits per heavy atom. The van der Waals surface area contributed by atoms with Crippen molar-refractivity contribution in [2.45, 2.75) is 54.0 Å². The van der Waals surface area contributed by atoms with Crippen molar-refractivity contribution in [3.63, 3.8) is 0 Å². The summed E-state index contributed by atoms with van der Waals surface area (Å²) in [7, 11) is 0. The topological polar surface area (TPSA) is 42.0 Å². The number of hydrogen-bond acceptors (Lipinski definition) is 3. The molecule has 1 N–H and O–H groups in total. The molecule has 2 aromatic carbocycles. The van der Waals surface area contributed by atoms with Crippen molar-refractivity contribution in [3.8, 4) is 0 Å². The fourth-order valence-corrected chi connectivity index (χ4v) is 5.64. The fraction of sp³-hybridized carbons (Fsp3) is 0.304. The maximum atomic E-state index is 11.8. The zero-order valence-electron chi connectivity index (χ0n) is 15.4. The first-order chi connectivity index (χ1) is 13.1. The fourth-order valence-electron chi connectivity index (χ4n) is 4.67. The van der Waals surface area contributed by atoms with Crippen LogP contribution in [0.4, 0.5) is 0 Å². The molecule has 2 atom stereocenters. The Balaban J connectivity index is 1.49. The summed E-state index contributed by atoms with van der Waals surface area (Å²) < 4.78 is 0. The lowest BCUT2D eigenvalue weighted by atomic mass is 9.64. The molecule has 1 aliphatic carbocycles. The van der Waals surface area contributed by atoms with Gasteiger partial charge in [0, 0.05) is 34.4 Å². The summed E-state index contributed by atoms with van der Waals surface area (Å²) in [6.07, 6.45) is 5.50. The second kappa shape index (κ2) is 6.38. The molecule has 0 spiro atoms. The van der Waals surface area contributed by atoms with E-state index in [0.29, 0.717) is 6.42 Å². The van der Waals surface area contributed by atoms with E-state index < -0.39 is 0 Å². The van der Waals surface area contributed by atoms with E-state index in [1.165, 1.54) is 26.8 Å². The van der Waals surface area contributed by atoms with Crippen LogP contribution >= 0.6 is 11.8 Å². The van der Waals surface area contributed by atoms with Crippen LogP contribution in [0.25, 0.3) is 10.8 Å². The maximum absolute atomic E-state index is 11.8. The van der Waals surface area contributed by atoms with Crippen LogP contribution in [0.1, 0.15) is 37.3 Å². The molecule has 1 saturated heterocycles. The first-order valence-electron chi connectivity index (χ1n) is 9.58. The van der Waals surface area contributed by atoms with Crippen molar-refractivity contribution < 1.29 is 4.79 Å². The maximum Gasteiger partial charge on any atom is 0.220 e. The summed E-state index contributed by atoms with van der Waals surface area (Å²) in [5.74, 6) is 0.204. The lowest BCUT2D eigenvalue weighted by Gasteiger charge is -2.46. The van der Waals surface area contributed by atoms with Gasteiger partial charge in [-0.2, -0.15) is 0 Å². The Hall–Kier alpha value is -2.33. The number of pyridine rings is 1. The number of benzene rings is 2. The van der Waals surface area contributed by atoms with E-state index in [0.717, 1.165) is 24.3 Å². The van der Waals surface area contributed by atoms with Crippen LogP contribution in [0, 0.1) is 0 Å². The predicted octanol–water partition coefficient (Wildman–Crippen LogP) is 4.87. The summed E-state index contributed by atoms with van der Waals surface area (Å²) in [5, 5.41) is 6.70. The summed E-state index contributed by atoms with van der Waals surface area (Å²) in [4.78, 5) is 17.7. The monoisotopic (exact) mass is 374 g/mol. The highest BCUT2D eigenvalue weighted by molar-refractivity contribution is 7.99. The second-order valence-corrected chi connectivity index (χ2v) is 8.90. The molecule has 4 heteroatoms. The molecule has 1 amide bonds. The van der Waals surface area contributed by atoms with E-state index in [9.17, 15) is 4.79 Å². The molecule has 1 fully saturated rings. The molecule has 5 rings (SSSR count). The molecule has 27 heavy (non-hydrogen) atoms. The van der Waals surface area contributed by atoms with Gasteiger partial charge in [0.15, 0.2) is 0 Å². The zero-order chi connectivity index (χ0) is 18.4. The predicted molar refractivity (Wildman–Crippen MR) is 109 cm³/mol. The number of nitrogens with one attached hydrogen (secondary N) is 1. The normalized spacial score (nSPS) is 24.2. The molecular formula is C23H22N2OS. The van der Waals surface area contributed by atoms with Crippen molar-refractivity contribution in [1.82, 2.24) is 10.3 Å². The van der Waals surface area contributed by atoms with Crippen molar-refractivity contribution >= 4 is 28.4 Å². The third kappa shape index (κ3) is 2.83. The number of aryl methyl sites for hydroxylation is 1. The van der Waals surface area contributed by atoms with Gasteiger partial charge in [0.25, 0.3) is 0 Å². The highest BCUT2D eigenvalue weighted by Crippen LogP contribution is 2.44. The van der Waals surface area contributed by atoms with Crippen molar-refractivity contribution in [2.75, 3.05) is 0 Å². The Bertz CT molecular complexity index is 1040. The van der Waals surface area contributed by atoms with E-state index in [2.05, 4.69) is 65.8 Å². The van der Waals surface area contributed by atoms with Gasteiger partial charge < -0.3 is 5.32 Å². The second-order valence-electron chi connectivity index (χ2n) is 7.83. The number of nitrogens with zero attached hydrogens (tertiary/aromatic N) is 1. The molecule has 0 bridgehead atoms. The van der Waals surface area contributed by atoms with Crippen molar-refractivity contribution in [2.24, 2.45) is 0 Å². The highest BCUT2D eigenvalue weighted by Gasteiger charge is 2.43. The van der Waals surface area contributed by atoms with E-state index in [1.807, 2.05) is 6.20 Å². The van der Waals surface area contributed by atoms with Crippen LogP contribution in [-0.4, -0.2) is 16.9 Å². The first-order valence-corrected chi connectivity index (χ1v) is 10.4. The zero-order valence-corrected chi connectivity index (χ0v) is 16.2. The van der Waals surface area contributed by atoms with Crippen molar-refractivity contribution in [3.05, 3.63) is 65.9 Å². The first kappa shape index (κ1) is 16.8. The van der Waals surface area contributed by atoms with Gasteiger partial charge >= 0.3 is 0 Å². The smallest absolute Gasteiger partial charge is 0.220 e. The molecule has 0 saturated carbocycles. The number of fused-ring (bicyclic) bond motifs is 4. The minimum Gasteiger partial charge on any atom is -0.352 e. The van der Waals surface area contributed by atoms with Gasteiger partial charge in [-0.1, -0.05) is 49.0 Å². The van der Waals surface area contributed by atoms with Crippen LogP contribution in [-0.2, 0) is 16.6 Å². The molecular weight excluding hydrogens is 352 g/mol. The number of piperidine rings is 1. The molecule has 2 aliphatic rings. The Kier molecular flexibility index (Phi) is 3.97.